The standard InChI is InChI=1S/C19H14Cl2FN3O/c1-11-5-6-12(9-15(11)21)24-17-8-7-13(10-23-17)25-19(26)18-14(20)3-2-4-16(18)22/h2-10H,1H3,(H,23,24)(H,25,26). The zero-order valence-corrected chi connectivity index (χ0v) is 15.2. The number of carbonyl (C=O) groups is 1. The van der Waals surface area contributed by atoms with Crippen molar-refractivity contribution in [3.8, 4) is 0 Å². The lowest BCUT2D eigenvalue weighted by molar-refractivity contribution is 0.102. The van der Waals surface area contributed by atoms with E-state index in [1.165, 1.54) is 24.4 Å². The molecule has 3 aromatic rings. The summed E-state index contributed by atoms with van der Waals surface area (Å²) in [7, 11) is 0. The van der Waals surface area contributed by atoms with Crippen LogP contribution in [0.15, 0.2) is 54.7 Å². The fourth-order valence-corrected chi connectivity index (χ4v) is 2.70. The molecule has 0 fully saturated rings. The van der Waals surface area contributed by atoms with Gasteiger partial charge in [0, 0.05) is 10.7 Å². The van der Waals surface area contributed by atoms with Gasteiger partial charge in [0.1, 0.15) is 11.6 Å². The third kappa shape index (κ3) is 4.12. The minimum atomic E-state index is -0.683. The second-order valence-corrected chi connectivity index (χ2v) is 6.39. The van der Waals surface area contributed by atoms with Crippen LogP contribution < -0.4 is 10.6 Å². The molecule has 2 N–H and O–H groups in total. The summed E-state index contributed by atoms with van der Waals surface area (Å²) in [5.74, 6) is -0.745. The number of aryl methyl sites for hydroxylation is 1. The van der Waals surface area contributed by atoms with E-state index < -0.39 is 11.7 Å². The molecule has 0 spiro atoms. The topological polar surface area (TPSA) is 54.0 Å². The van der Waals surface area contributed by atoms with Crippen molar-refractivity contribution < 1.29 is 9.18 Å². The van der Waals surface area contributed by atoms with Crippen LogP contribution in [0, 0.1) is 12.7 Å². The molecule has 26 heavy (non-hydrogen) atoms. The summed E-state index contributed by atoms with van der Waals surface area (Å²) in [5, 5.41) is 6.39. The first-order valence-corrected chi connectivity index (χ1v) is 8.44. The van der Waals surface area contributed by atoms with Gasteiger partial charge in [-0.3, -0.25) is 4.79 Å². The quantitative estimate of drug-likeness (QED) is 0.589. The van der Waals surface area contributed by atoms with Gasteiger partial charge >= 0.3 is 0 Å². The fourth-order valence-electron chi connectivity index (χ4n) is 2.27. The second kappa shape index (κ2) is 7.72. The van der Waals surface area contributed by atoms with Gasteiger partial charge in [-0.25, -0.2) is 9.37 Å². The lowest BCUT2D eigenvalue weighted by atomic mass is 10.2. The average Bonchev–Trinajstić information content (AvgIpc) is 2.60. The molecule has 1 aromatic heterocycles. The molecule has 0 aliphatic heterocycles. The number of halogens is 3. The molecule has 132 valence electrons. The van der Waals surface area contributed by atoms with E-state index in [0.717, 1.165) is 11.3 Å². The molecule has 0 atom stereocenters. The van der Waals surface area contributed by atoms with Gasteiger partial charge < -0.3 is 10.6 Å². The Bertz CT molecular complexity index is 941. The summed E-state index contributed by atoms with van der Waals surface area (Å²) in [6.07, 6.45) is 1.46. The molecule has 7 heteroatoms. The Morgan fingerprint density at radius 1 is 1.04 bits per heavy atom. The zero-order valence-electron chi connectivity index (χ0n) is 13.7. The van der Waals surface area contributed by atoms with Crippen LogP contribution in [-0.4, -0.2) is 10.9 Å². The minimum absolute atomic E-state index is 0.0463. The van der Waals surface area contributed by atoms with Crippen molar-refractivity contribution in [1.82, 2.24) is 4.98 Å². The number of aromatic nitrogens is 1. The van der Waals surface area contributed by atoms with Gasteiger partial charge in [-0.05, 0) is 48.9 Å². The van der Waals surface area contributed by atoms with E-state index in [4.69, 9.17) is 23.2 Å². The summed E-state index contributed by atoms with van der Waals surface area (Å²) in [4.78, 5) is 16.4. The predicted octanol–water partition coefficient (Wildman–Crippen LogP) is 5.83. The second-order valence-electron chi connectivity index (χ2n) is 5.57. The molecular weight excluding hydrogens is 376 g/mol. The van der Waals surface area contributed by atoms with Gasteiger partial charge in [-0.15, -0.1) is 0 Å². The van der Waals surface area contributed by atoms with Gasteiger partial charge in [-0.2, -0.15) is 0 Å². The number of anilines is 3. The maximum absolute atomic E-state index is 13.8. The van der Waals surface area contributed by atoms with Crippen LogP contribution in [0.4, 0.5) is 21.6 Å². The number of nitrogens with one attached hydrogen (secondary N) is 2. The van der Waals surface area contributed by atoms with Gasteiger partial charge in [0.15, 0.2) is 0 Å². The number of pyridine rings is 1. The molecule has 1 heterocycles. The van der Waals surface area contributed by atoms with E-state index in [9.17, 15) is 9.18 Å². The van der Waals surface area contributed by atoms with Crippen LogP contribution in [0.5, 0.6) is 0 Å². The van der Waals surface area contributed by atoms with Crippen molar-refractivity contribution in [3.05, 3.63) is 81.7 Å². The van der Waals surface area contributed by atoms with Crippen LogP contribution in [0.3, 0.4) is 0 Å². The van der Waals surface area contributed by atoms with Gasteiger partial charge in [-0.1, -0.05) is 35.3 Å². The van der Waals surface area contributed by atoms with E-state index in [1.54, 1.807) is 18.2 Å². The highest BCUT2D eigenvalue weighted by Crippen LogP contribution is 2.24. The molecule has 0 aliphatic carbocycles. The van der Waals surface area contributed by atoms with Gasteiger partial charge in [0.2, 0.25) is 0 Å². The predicted molar refractivity (Wildman–Crippen MR) is 103 cm³/mol. The van der Waals surface area contributed by atoms with Gasteiger partial charge in [0.25, 0.3) is 5.91 Å². The Balaban J connectivity index is 1.71. The Kier molecular flexibility index (Phi) is 5.40. The van der Waals surface area contributed by atoms with Crippen LogP contribution >= 0.6 is 23.2 Å². The van der Waals surface area contributed by atoms with Crippen molar-refractivity contribution >= 4 is 46.3 Å². The van der Waals surface area contributed by atoms with Crippen molar-refractivity contribution in [2.24, 2.45) is 0 Å². The number of nitrogens with zero attached hydrogens (tertiary/aromatic N) is 1. The largest absolute Gasteiger partial charge is 0.340 e. The Morgan fingerprint density at radius 3 is 2.46 bits per heavy atom. The van der Waals surface area contributed by atoms with E-state index in [1.807, 2.05) is 19.1 Å². The minimum Gasteiger partial charge on any atom is -0.340 e. The first kappa shape index (κ1) is 18.2. The van der Waals surface area contributed by atoms with Crippen LogP contribution in [0.25, 0.3) is 0 Å². The zero-order chi connectivity index (χ0) is 18.7. The molecule has 1 amide bonds. The third-order valence-corrected chi connectivity index (χ3v) is 4.38. The molecule has 0 saturated carbocycles. The lowest BCUT2D eigenvalue weighted by Gasteiger charge is -2.10. The van der Waals surface area contributed by atoms with Crippen LogP contribution in [0.1, 0.15) is 15.9 Å². The summed E-state index contributed by atoms with van der Waals surface area (Å²) < 4.78 is 13.8. The summed E-state index contributed by atoms with van der Waals surface area (Å²) in [5.41, 5.74) is 1.99. The summed E-state index contributed by atoms with van der Waals surface area (Å²) in [6, 6.07) is 13.0. The fraction of sp³-hybridized carbons (Fsp3) is 0.0526. The number of rotatable bonds is 4. The maximum Gasteiger partial charge on any atom is 0.260 e. The highest BCUT2D eigenvalue weighted by atomic mass is 35.5. The van der Waals surface area contributed by atoms with Crippen molar-refractivity contribution in [1.29, 1.82) is 0 Å². The molecule has 0 radical (unpaired) electrons. The van der Waals surface area contributed by atoms with E-state index in [2.05, 4.69) is 15.6 Å². The molecule has 4 nitrogen and oxygen atoms in total. The Hall–Kier alpha value is -2.63. The first-order valence-electron chi connectivity index (χ1n) is 7.68. The molecule has 2 aromatic carbocycles. The summed E-state index contributed by atoms with van der Waals surface area (Å²) >= 11 is 12.0. The normalized spacial score (nSPS) is 10.5. The van der Waals surface area contributed by atoms with E-state index in [-0.39, 0.29) is 10.6 Å². The highest BCUT2D eigenvalue weighted by molar-refractivity contribution is 6.34. The number of carbonyl (C=O) groups excluding carboxylic acids is 1. The number of benzene rings is 2. The monoisotopic (exact) mass is 389 g/mol. The molecular formula is C19H14Cl2FN3O. The molecule has 0 bridgehead atoms. The first-order chi connectivity index (χ1) is 12.4. The lowest BCUT2D eigenvalue weighted by Crippen LogP contribution is -2.14. The van der Waals surface area contributed by atoms with Crippen LogP contribution in [0.2, 0.25) is 10.0 Å². The smallest absolute Gasteiger partial charge is 0.260 e. The van der Waals surface area contributed by atoms with Crippen LogP contribution in [-0.2, 0) is 0 Å². The number of hydrogen-bond acceptors (Lipinski definition) is 3. The Labute approximate surface area is 160 Å². The molecule has 0 aliphatic rings. The Morgan fingerprint density at radius 2 is 1.81 bits per heavy atom. The van der Waals surface area contributed by atoms with Crippen molar-refractivity contribution in [2.45, 2.75) is 6.92 Å². The van der Waals surface area contributed by atoms with E-state index >= 15 is 0 Å². The SMILES string of the molecule is Cc1ccc(Nc2ccc(NC(=O)c3c(F)cccc3Cl)cn2)cc1Cl. The summed E-state index contributed by atoms with van der Waals surface area (Å²) in [6.45, 7) is 1.92. The number of hydrogen-bond donors (Lipinski definition) is 2. The van der Waals surface area contributed by atoms with E-state index in [0.29, 0.717) is 16.5 Å². The molecule has 0 saturated heterocycles. The average molecular weight is 390 g/mol. The van der Waals surface area contributed by atoms with Crippen molar-refractivity contribution in [3.63, 3.8) is 0 Å². The third-order valence-electron chi connectivity index (χ3n) is 3.66. The highest BCUT2D eigenvalue weighted by Gasteiger charge is 2.15. The maximum atomic E-state index is 13.8. The number of amides is 1. The van der Waals surface area contributed by atoms with Gasteiger partial charge in [0.05, 0.1) is 22.5 Å². The van der Waals surface area contributed by atoms with Crippen molar-refractivity contribution in [2.75, 3.05) is 10.6 Å². The molecule has 3 rings (SSSR count). The molecule has 0 unspecified atom stereocenters.